The molecule has 1 aliphatic carbocycles. The van der Waals surface area contributed by atoms with Crippen molar-refractivity contribution in [1.82, 2.24) is 0 Å². The topological polar surface area (TPSA) is 108 Å². The minimum atomic E-state index is -3.88. The van der Waals surface area contributed by atoms with Gasteiger partial charge in [-0.15, -0.1) is 0 Å². The minimum absolute atomic E-state index is 0.0331. The third kappa shape index (κ3) is 6.47. The Hall–Kier alpha value is -3.07. The predicted octanol–water partition coefficient (Wildman–Crippen LogP) is 3.71. The fourth-order valence-electron chi connectivity index (χ4n) is 3.89. The van der Waals surface area contributed by atoms with Crippen LogP contribution in [0, 0.1) is 12.8 Å². The summed E-state index contributed by atoms with van der Waals surface area (Å²) in [6, 6.07) is 12.4. The first kappa shape index (κ1) is 23.1. The molecule has 8 nitrogen and oxygen atoms in total. The molecule has 1 heterocycles. The molecule has 4 rings (SSSR count). The molecule has 9 heteroatoms. The van der Waals surface area contributed by atoms with Crippen molar-refractivity contribution in [2.24, 2.45) is 5.92 Å². The molecule has 0 aromatic heterocycles. The van der Waals surface area contributed by atoms with Crippen molar-refractivity contribution in [3.8, 4) is 0 Å². The number of hydrogen-bond donors (Lipinski definition) is 3. The molecule has 2 aliphatic rings. The molecule has 1 saturated heterocycles. The van der Waals surface area contributed by atoms with Gasteiger partial charge in [0, 0.05) is 41.8 Å². The Morgan fingerprint density at radius 2 is 1.61 bits per heavy atom. The smallest absolute Gasteiger partial charge is 0.241 e. The van der Waals surface area contributed by atoms with E-state index >= 15 is 0 Å². The van der Waals surface area contributed by atoms with Crippen LogP contribution in [0.4, 0.5) is 22.7 Å². The van der Waals surface area contributed by atoms with Gasteiger partial charge in [0.2, 0.25) is 21.8 Å². The van der Waals surface area contributed by atoms with Crippen molar-refractivity contribution >= 4 is 44.6 Å². The van der Waals surface area contributed by atoms with Gasteiger partial charge >= 0.3 is 0 Å². The molecule has 176 valence electrons. The van der Waals surface area contributed by atoms with Gasteiger partial charge in [-0.05, 0) is 81.0 Å². The first-order valence-corrected chi connectivity index (χ1v) is 13.0. The van der Waals surface area contributed by atoms with E-state index in [2.05, 4.69) is 20.3 Å². The molecule has 0 spiro atoms. The molecule has 2 aromatic rings. The number of nitrogens with zero attached hydrogens (tertiary/aromatic N) is 1. The van der Waals surface area contributed by atoms with Crippen molar-refractivity contribution < 1.29 is 18.0 Å². The van der Waals surface area contributed by atoms with Gasteiger partial charge in [0.15, 0.2) is 0 Å². The zero-order valence-electron chi connectivity index (χ0n) is 18.8. The highest BCUT2D eigenvalue weighted by atomic mass is 32.2. The Morgan fingerprint density at radius 1 is 0.939 bits per heavy atom. The van der Waals surface area contributed by atoms with Crippen LogP contribution in [0.3, 0.4) is 0 Å². The normalized spacial score (nSPS) is 16.2. The highest BCUT2D eigenvalue weighted by molar-refractivity contribution is 7.93. The summed E-state index contributed by atoms with van der Waals surface area (Å²) in [7, 11) is -3.88. The number of aryl methyl sites for hydroxylation is 1. The Bertz CT molecular complexity index is 1120. The average molecular weight is 471 g/mol. The third-order valence-electron chi connectivity index (χ3n) is 5.91. The summed E-state index contributed by atoms with van der Waals surface area (Å²) < 4.78 is 27.5. The highest BCUT2D eigenvalue weighted by Gasteiger charge is 2.29. The van der Waals surface area contributed by atoms with Crippen LogP contribution >= 0.6 is 0 Å². The number of piperidine rings is 1. The lowest BCUT2D eigenvalue weighted by Crippen LogP contribution is -2.29. The molecule has 0 bridgehead atoms. The summed E-state index contributed by atoms with van der Waals surface area (Å²) in [4.78, 5) is 26.7. The second-order valence-electron chi connectivity index (χ2n) is 8.80. The monoisotopic (exact) mass is 470 g/mol. The highest BCUT2D eigenvalue weighted by Crippen LogP contribution is 2.31. The number of sulfonamides is 1. The van der Waals surface area contributed by atoms with Crippen LogP contribution in [0.5, 0.6) is 0 Å². The summed E-state index contributed by atoms with van der Waals surface area (Å²) in [6.07, 6.45) is 5.37. The van der Waals surface area contributed by atoms with E-state index in [9.17, 15) is 18.0 Å². The average Bonchev–Trinajstić information content (AvgIpc) is 3.62. The third-order valence-corrected chi connectivity index (χ3v) is 7.10. The number of anilines is 4. The molecule has 0 unspecified atom stereocenters. The van der Waals surface area contributed by atoms with Crippen LogP contribution in [0.25, 0.3) is 0 Å². The van der Waals surface area contributed by atoms with E-state index in [1.165, 1.54) is 19.3 Å². The van der Waals surface area contributed by atoms with E-state index in [1.54, 1.807) is 37.3 Å². The number of hydrogen-bond acceptors (Lipinski definition) is 5. The molecule has 0 radical (unpaired) electrons. The largest absolute Gasteiger partial charge is 0.372 e. The van der Waals surface area contributed by atoms with Crippen LogP contribution in [-0.4, -0.2) is 39.1 Å². The molecule has 1 aliphatic heterocycles. The maximum atomic E-state index is 12.5. The standard InChI is InChI=1S/C24H30N4O4S/c1-17-5-8-20(25-24(30)18-6-7-18)15-22(17)26-23(29)16-33(31,32)27-19-9-11-21(12-10-19)28-13-3-2-4-14-28/h5,8-12,15,18,27H,2-4,6-7,13-14,16H2,1H3,(H,25,30)(H,26,29). The van der Waals surface area contributed by atoms with Crippen LogP contribution in [0.1, 0.15) is 37.7 Å². The first-order chi connectivity index (χ1) is 15.8. The SMILES string of the molecule is Cc1ccc(NC(=O)C2CC2)cc1NC(=O)CS(=O)(=O)Nc1ccc(N2CCCCC2)cc1. The minimum Gasteiger partial charge on any atom is -0.372 e. The predicted molar refractivity (Wildman–Crippen MR) is 131 cm³/mol. The van der Waals surface area contributed by atoms with E-state index < -0.39 is 21.7 Å². The van der Waals surface area contributed by atoms with Crippen molar-refractivity contribution in [1.29, 1.82) is 0 Å². The number of nitrogens with one attached hydrogen (secondary N) is 3. The van der Waals surface area contributed by atoms with Crippen molar-refractivity contribution in [2.45, 2.75) is 39.0 Å². The van der Waals surface area contributed by atoms with E-state index in [-0.39, 0.29) is 11.8 Å². The van der Waals surface area contributed by atoms with Gasteiger partial charge in [0.1, 0.15) is 5.75 Å². The van der Waals surface area contributed by atoms with Gasteiger partial charge in [0.05, 0.1) is 0 Å². The number of rotatable bonds is 8. The fraction of sp³-hybridized carbons (Fsp3) is 0.417. The van der Waals surface area contributed by atoms with Crippen molar-refractivity contribution in [3.63, 3.8) is 0 Å². The van der Waals surface area contributed by atoms with Crippen LogP contribution in [0.15, 0.2) is 42.5 Å². The lowest BCUT2D eigenvalue weighted by Gasteiger charge is -2.28. The maximum Gasteiger partial charge on any atom is 0.241 e. The van der Waals surface area contributed by atoms with Crippen LogP contribution in [0.2, 0.25) is 0 Å². The maximum absolute atomic E-state index is 12.5. The summed E-state index contributed by atoms with van der Waals surface area (Å²) in [5.74, 6) is -1.33. The second kappa shape index (κ2) is 9.82. The molecule has 2 fully saturated rings. The first-order valence-electron chi connectivity index (χ1n) is 11.4. The van der Waals surface area contributed by atoms with Gasteiger partial charge < -0.3 is 15.5 Å². The van der Waals surface area contributed by atoms with Gasteiger partial charge in [-0.3, -0.25) is 14.3 Å². The fourth-order valence-corrected chi connectivity index (χ4v) is 4.88. The lowest BCUT2D eigenvalue weighted by molar-refractivity contribution is -0.117. The van der Waals surface area contributed by atoms with Crippen LogP contribution < -0.4 is 20.3 Å². The Balaban J connectivity index is 1.34. The molecule has 33 heavy (non-hydrogen) atoms. The van der Waals surface area contributed by atoms with E-state index in [0.29, 0.717) is 17.1 Å². The van der Waals surface area contributed by atoms with E-state index in [4.69, 9.17) is 0 Å². The Morgan fingerprint density at radius 3 is 2.27 bits per heavy atom. The summed E-state index contributed by atoms with van der Waals surface area (Å²) >= 11 is 0. The molecule has 2 amide bonds. The molecular weight excluding hydrogens is 440 g/mol. The summed E-state index contributed by atoms with van der Waals surface area (Å²) in [5, 5.41) is 5.48. The molecule has 1 saturated carbocycles. The van der Waals surface area contributed by atoms with Gasteiger partial charge in [0.25, 0.3) is 0 Å². The summed E-state index contributed by atoms with van der Waals surface area (Å²) in [5.41, 5.74) is 3.30. The molecular formula is C24H30N4O4S. The Labute approximate surface area is 194 Å². The second-order valence-corrected chi connectivity index (χ2v) is 10.5. The number of carbonyl (C=O) groups excluding carboxylic acids is 2. The quantitative estimate of drug-likeness (QED) is 0.545. The lowest BCUT2D eigenvalue weighted by atomic mass is 10.1. The van der Waals surface area contributed by atoms with Gasteiger partial charge in [-0.1, -0.05) is 6.07 Å². The van der Waals surface area contributed by atoms with Crippen LogP contribution in [-0.2, 0) is 19.6 Å². The van der Waals surface area contributed by atoms with E-state index in [1.807, 2.05) is 12.1 Å². The zero-order valence-corrected chi connectivity index (χ0v) is 19.6. The summed E-state index contributed by atoms with van der Waals surface area (Å²) in [6.45, 7) is 3.82. The molecule has 0 atom stereocenters. The Kier molecular flexibility index (Phi) is 6.88. The number of amides is 2. The molecule has 2 aromatic carbocycles. The van der Waals surface area contributed by atoms with Gasteiger partial charge in [-0.25, -0.2) is 8.42 Å². The van der Waals surface area contributed by atoms with Crippen molar-refractivity contribution in [3.05, 3.63) is 48.0 Å². The van der Waals surface area contributed by atoms with Crippen molar-refractivity contribution in [2.75, 3.05) is 39.1 Å². The number of carbonyl (C=O) groups is 2. The van der Waals surface area contributed by atoms with E-state index in [0.717, 1.165) is 37.2 Å². The zero-order chi connectivity index (χ0) is 23.4. The van der Waals surface area contributed by atoms with Gasteiger partial charge in [-0.2, -0.15) is 0 Å². The molecule has 3 N–H and O–H groups in total. The number of benzene rings is 2.